The van der Waals surface area contributed by atoms with Gasteiger partial charge >= 0.3 is 5.97 Å². The average Bonchev–Trinajstić information content (AvgIpc) is 2.41. The van der Waals surface area contributed by atoms with Crippen LogP contribution < -0.4 is 0 Å². The number of carboxylic acid groups (broad SMARTS) is 1. The molecule has 19 heavy (non-hydrogen) atoms. The van der Waals surface area contributed by atoms with E-state index in [-0.39, 0.29) is 5.78 Å². The Morgan fingerprint density at radius 3 is 2.26 bits per heavy atom. The number of aliphatic carboxylic acids is 1. The van der Waals surface area contributed by atoms with Crippen LogP contribution in [0.25, 0.3) is 0 Å². The van der Waals surface area contributed by atoms with Gasteiger partial charge in [-0.15, -0.1) is 0 Å². The number of halogens is 2. The Bertz CT molecular complexity index is 513. The van der Waals surface area contributed by atoms with E-state index in [2.05, 4.69) is 0 Å². The lowest BCUT2D eigenvalue weighted by atomic mass is 9.75. The van der Waals surface area contributed by atoms with Crippen LogP contribution in [0.5, 0.6) is 0 Å². The molecule has 2 rings (SSSR count). The summed E-state index contributed by atoms with van der Waals surface area (Å²) >= 11 is 11.7. The number of Topliss-reactive ketones (excluding diaryl/α,β-unsaturated/α-hetero) is 1. The average molecular weight is 301 g/mol. The number of benzene rings is 1. The number of hydrogen-bond donors (Lipinski definition) is 1. The zero-order valence-electron chi connectivity index (χ0n) is 10.2. The van der Waals surface area contributed by atoms with E-state index in [4.69, 9.17) is 23.2 Å². The highest BCUT2D eigenvalue weighted by molar-refractivity contribution is 6.42. The molecule has 102 valence electrons. The number of carbonyl (C=O) groups excluding carboxylic acids is 1. The quantitative estimate of drug-likeness (QED) is 0.856. The second kappa shape index (κ2) is 5.93. The number of carbonyl (C=O) groups is 2. The van der Waals surface area contributed by atoms with Crippen LogP contribution in [0.2, 0.25) is 10.0 Å². The summed E-state index contributed by atoms with van der Waals surface area (Å²) in [5, 5.41) is 9.90. The van der Waals surface area contributed by atoms with Crippen molar-refractivity contribution in [2.24, 2.45) is 11.8 Å². The predicted molar refractivity (Wildman–Crippen MR) is 73.9 cm³/mol. The Hall–Kier alpha value is -1.06. The van der Waals surface area contributed by atoms with Crippen LogP contribution in [0.15, 0.2) is 18.2 Å². The lowest BCUT2D eigenvalue weighted by molar-refractivity contribution is -0.144. The first-order valence-corrected chi connectivity index (χ1v) is 6.98. The fourth-order valence-electron chi connectivity index (χ4n) is 2.60. The minimum absolute atomic E-state index is 0.148. The number of rotatable bonds is 3. The molecular weight excluding hydrogens is 287 g/mol. The third kappa shape index (κ3) is 3.10. The second-order valence-corrected chi connectivity index (χ2v) is 5.64. The normalized spacial score (nSPS) is 23.1. The third-order valence-corrected chi connectivity index (χ3v) is 4.36. The SMILES string of the molecule is O=C(O)[C@H]1CCCC[C@H]1C(=O)c1ccc(Cl)c(Cl)c1. The fourth-order valence-corrected chi connectivity index (χ4v) is 2.90. The molecule has 0 spiro atoms. The molecular formula is C14H14Cl2O3. The zero-order chi connectivity index (χ0) is 14.0. The monoisotopic (exact) mass is 300 g/mol. The molecule has 1 aliphatic carbocycles. The van der Waals surface area contributed by atoms with Gasteiger partial charge in [0, 0.05) is 11.5 Å². The summed E-state index contributed by atoms with van der Waals surface area (Å²) in [4.78, 5) is 23.6. The van der Waals surface area contributed by atoms with Crippen molar-refractivity contribution in [3.05, 3.63) is 33.8 Å². The molecule has 5 heteroatoms. The lowest BCUT2D eigenvalue weighted by Crippen LogP contribution is -2.32. The smallest absolute Gasteiger partial charge is 0.307 e. The summed E-state index contributed by atoms with van der Waals surface area (Å²) in [5.41, 5.74) is 0.438. The van der Waals surface area contributed by atoms with E-state index < -0.39 is 17.8 Å². The number of hydrogen-bond acceptors (Lipinski definition) is 2. The summed E-state index contributed by atoms with van der Waals surface area (Å²) in [7, 11) is 0. The van der Waals surface area contributed by atoms with Crippen molar-refractivity contribution in [3.63, 3.8) is 0 Å². The molecule has 0 heterocycles. The van der Waals surface area contributed by atoms with Gasteiger partial charge in [-0.25, -0.2) is 0 Å². The van der Waals surface area contributed by atoms with Gasteiger partial charge in [0.25, 0.3) is 0 Å². The van der Waals surface area contributed by atoms with E-state index in [1.807, 2.05) is 0 Å². The minimum Gasteiger partial charge on any atom is -0.481 e. The van der Waals surface area contributed by atoms with Crippen molar-refractivity contribution in [2.75, 3.05) is 0 Å². The van der Waals surface area contributed by atoms with Crippen LogP contribution in [0.4, 0.5) is 0 Å². The Labute approximate surface area is 121 Å². The summed E-state index contributed by atoms with van der Waals surface area (Å²) in [6.45, 7) is 0. The van der Waals surface area contributed by atoms with E-state index in [0.29, 0.717) is 28.5 Å². The molecule has 0 aliphatic heterocycles. The molecule has 1 aromatic carbocycles. The van der Waals surface area contributed by atoms with Crippen molar-refractivity contribution in [1.82, 2.24) is 0 Å². The summed E-state index contributed by atoms with van der Waals surface area (Å²) in [6.07, 6.45) is 2.94. The summed E-state index contributed by atoms with van der Waals surface area (Å²) in [6, 6.07) is 4.68. The largest absolute Gasteiger partial charge is 0.481 e. The summed E-state index contributed by atoms with van der Waals surface area (Å²) in [5.74, 6) is -2.08. The zero-order valence-corrected chi connectivity index (χ0v) is 11.7. The van der Waals surface area contributed by atoms with E-state index in [0.717, 1.165) is 12.8 Å². The van der Waals surface area contributed by atoms with Gasteiger partial charge < -0.3 is 5.11 Å². The van der Waals surface area contributed by atoms with Gasteiger partial charge in [-0.3, -0.25) is 9.59 Å². The molecule has 0 aromatic heterocycles. The first kappa shape index (κ1) is 14.4. The van der Waals surface area contributed by atoms with Crippen LogP contribution >= 0.6 is 23.2 Å². The van der Waals surface area contributed by atoms with Gasteiger partial charge in [-0.1, -0.05) is 36.0 Å². The van der Waals surface area contributed by atoms with Crippen LogP contribution in [0, 0.1) is 11.8 Å². The maximum Gasteiger partial charge on any atom is 0.307 e. The van der Waals surface area contributed by atoms with Gasteiger partial charge in [-0.05, 0) is 31.0 Å². The van der Waals surface area contributed by atoms with E-state index in [9.17, 15) is 14.7 Å². The highest BCUT2D eigenvalue weighted by Crippen LogP contribution is 2.34. The van der Waals surface area contributed by atoms with E-state index in [1.165, 1.54) is 6.07 Å². The van der Waals surface area contributed by atoms with Crippen molar-refractivity contribution in [3.8, 4) is 0 Å². The van der Waals surface area contributed by atoms with Gasteiger partial charge in [0.05, 0.1) is 16.0 Å². The van der Waals surface area contributed by atoms with Gasteiger partial charge in [0.15, 0.2) is 5.78 Å². The molecule has 1 fully saturated rings. The summed E-state index contributed by atoms with van der Waals surface area (Å²) < 4.78 is 0. The molecule has 1 saturated carbocycles. The molecule has 1 aliphatic rings. The highest BCUT2D eigenvalue weighted by Gasteiger charge is 2.36. The first-order valence-electron chi connectivity index (χ1n) is 6.23. The molecule has 3 nitrogen and oxygen atoms in total. The van der Waals surface area contributed by atoms with Crippen LogP contribution in [0.3, 0.4) is 0 Å². The lowest BCUT2D eigenvalue weighted by Gasteiger charge is -2.27. The maximum absolute atomic E-state index is 12.4. The topological polar surface area (TPSA) is 54.4 Å². The van der Waals surface area contributed by atoms with E-state index in [1.54, 1.807) is 12.1 Å². The van der Waals surface area contributed by atoms with Crippen molar-refractivity contribution in [1.29, 1.82) is 0 Å². The molecule has 2 atom stereocenters. The van der Waals surface area contributed by atoms with Crippen molar-refractivity contribution >= 4 is 35.0 Å². The molecule has 1 aromatic rings. The molecule has 0 unspecified atom stereocenters. The van der Waals surface area contributed by atoms with Crippen LogP contribution in [0.1, 0.15) is 36.0 Å². The second-order valence-electron chi connectivity index (χ2n) is 4.83. The molecule has 0 bridgehead atoms. The van der Waals surface area contributed by atoms with E-state index >= 15 is 0 Å². The van der Waals surface area contributed by atoms with Crippen molar-refractivity contribution in [2.45, 2.75) is 25.7 Å². The fraction of sp³-hybridized carbons (Fsp3) is 0.429. The Kier molecular flexibility index (Phi) is 4.48. The molecule has 0 radical (unpaired) electrons. The molecule has 0 saturated heterocycles. The molecule has 0 amide bonds. The minimum atomic E-state index is -0.891. The predicted octanol–water partition coefficient (Wildman–Crippen LogP) is 4.07. The van der Waals surface area contributed by atoms with Gasteiger partial charge in [-0.2, -0.15) is 0 Å². The van der Waals surface area contributed by atoms with Crippen LogP contribution in [-0.4, -0.2) is 16.9 Å². The Morgan fingerprint density at radius 1 is 1.05 bits per heavy atom. The Balaban J connectivity index is 2.26. The van der Waals surface area contributed by atoms with Crippen LogP contribution in [-0.2, 0) is 4.79 Å². The number of ketones is 1. The van der Waals surface area contributed by atoms with Gasteiger partial charge in [0.2, 0.25) is 0 Å². The van der Waals surface area contributed by atoms with Gasteiger partial charge in [0.1, 0.15) is 0 Å². The van der Waals surface area contributed by atoms with Crippen molar-refractivity contribution < 1.29 is 14.7 Å². The third-order valence-electron chi connectivity index (χ3n) is 3.62. The molecule has 1 N–H and O–H groups in total. The standard InChI is InChI=1S/C14H14Cl2O3/c15-11-6-5-8(7-12(11)16)13(17)9-3-1-2-4-10(9)14(18)19/h5-7,9-10H,1-4H2,(H,18,19)/t9-,10+/m1/s1. The Morgan fingerprint density at radius 2 is 1.68 bits per heavy atom. The number of carboxylic acids is 1. The maximum atomic E-state index is 12.4. The highest BCUT2D eigenvalue weighted by atomic mass is 35.5. The first-order chi connectivity index (χ1) is 9.00.